The monoisotopic (exact) mass is 228 g/mol. The highest BCUT2D eigenvalue weighted by Gasteiger charge is 2.16. The van der Waals surface area contributed by atoms with E-state index in [0.717, 1.165) is 16.7 Å². The minimum Gasteiger partial charge on any atom is -0.303 e. The molecular formula is C13H16N4. The van der Waals surface area contributed by atoms with E-state index >= 15 is 0 Å². The van der Waals surface area contributed by atoms with Crippen LogP contribution in [-0.2, 0) is 5.41 Å². The number of hydrogen-bond donors (Lipinski definition) is 1. The highest BCUT2D eigenvalue weighted by molar-refractivity contribution is 5.96. The molecule has 0 saturated heterocycles. The van der Waals surface area contributed by atoms with E-state index in [-0.39, 0.29) is 5.41 Å². The van der Waals surface area contributed by atoms with Crippen molar-refractivity contribution in [2.45, 2.75) is 33.1 Å². The normalized spacial score (nSPS) is 11.8. The molecule has 0 aliphatic heterocycles. The van der Waals surface area contributed by atoms with Crippen molar-refractivity contribution < 1.29 is 0 Å². The summed E-state index contributed by atoms with van der Waals surface area (Å²) in [6.07, 6.45) is 3.46. The van der Waals surface area contributed by atoms with Gasteiger partial charge in [-0.15, -0.1) is 0 Å². The van der Waals surface area contributed by atoms with E-state index in [2.05, 4.69) is 35.7 Å². The molecule has 4 heteroatoms. The molecule has 1 N–H and O–H groups in total. The van der Waals surface area contributed by atoms with Gasteiger partial charge in [0.15, 0.2) is 0 Å². The lowest BCUT2D eigenvalue weighted by atomic mass is 9.92. The molecule has 0 aliphatic carbocycles. The predicted octanol–water partition coefficient (Wildman–Crippen LogP) is 2.71. The Labute approximate surface area is 101 Å². The molecule has 2 aromatic rings. The predicted molar refractivity (Wildman–Crippen MR) is 68.5 cm³/mol. The fourth-order valence-electron chi connectivity index (χ4n) is 1.48. The summed E-state index contributed by atoms with van der Waals surface area (Å²) < 4.78 is 0. The standard InChI is InChI=1S/C13H16N4/c1-8(14)9-5-10-11(6-15-9)16-7-12(17-10)13(2,3)4/h5-7,14H,1-4H3. The van der Waals surface area contributed by atoms with Crippen LogP contribution in [0.2, 0.25) is 0 Å². The zero-order valence-corrected chi connectivity index (χ0v) is 10.6. The first-order valence-corrected chi connectivity index (χ1v) is 5.57. The lowest BCUT2D eigenvalue weighted by molar-refractivity contribution is 0.568. The average molecular weight is 228 g/mol. The maximum absolute atomic E-state index is 7.58. The number of hydrogen-bond acceptors (Lipinski definition) is 4. The zero-order valence-electron chi connectivity index (χ0n) is 10.6. The first kappa shape index (κ1) is 11.6. The molecule has 0 saturated carbocycles. The van der Waals surface area contributed by atoms with Crippen LogP contribution in [0.3, 0.4) is 0 Å². The molecule has 0 atom stereocenters. The van der Waals surface area contributed by atoms with Crippen LogP contribution in [0.4, 0.5) is 0 Å². The van der Waals surface area contributed by atoms with Crippen LogP contribution in [0, 0.1) is 5.41 Å². The van der Waals surface area contributed by atoms with Gasteiger partial charge in [-0.1, -0.05) is 20.8 Å². The lowest BCUT2D eigenvalue weighted by Gasteiger charge is -2.17. The zero-order chi connectivity index (χ0) is 12.6. The smallest absolute Gasteiger partial charge is 0.107 e. The van der Waals surface area contributed by atoms with Gasteiger partial charge in [0, 0.05) is 11.6 Å². The van der Waals surface area contributed by atoms with Crippen LogP contribution in [0.1, 0.15) is 39.1 Å². The van der Waals surface area contributed by atoms with Crippen molar-refractivity contribution in [2.24, 2.45) is 0 Å². The van der Waals surface area contributed by atoms with E-state index in [1.165, 1.54) is 0 Å². The van der Waals surface area contributed by atoms with Crippen molar-refractivity contribution in [3.8, 4) is 0 Å². The summed E-state index contributed by atoms with van der Waals surface area (Å²) in [7, 11) is 0. The Morgan fingerprint density at radius 1 is 1.12 bits per heavy atom. The van der Waals surface area contributed by atoms with E-state index < -0.39 is 0 Å². The largest absolute Gasteiger partial charge is 0.303 e. The Hall–Kier alpha value is -1.84. The van der Waals surface area contributed by atoms with Crippen molar-refractivity contribution in [3.63, 3.8) is 0 Å². The molecule has 0 unspecified atom stereocenters. The van der Waals surface area contributed by atoms with Crippen LogP contribution in [-0.4, -0.2) is 20.7 Å². The fourth-order valence-corrected chi connectivity index (χ4v) is 1.48. The first-order valence-electron chi connectivity index (χ1n) is 5.57. The third-order valence-corrected chi connectivity index (χ3v) is 2.58. The molecule has 0 spiro atoms. The second-order valence-electron chi connectivity index (χ2n) is 5.19. The van der Waals surface area contributed by atoms with Crippen LogP contribution in [0.15, 0.2) is 18.5 Å². The molecule has 4 nitrogen and oxygen atoms in total. The highest BCUT2D eigenvalue weighted by Crippen LogP contribution is 2.21. The van der Waals surface area contributed by atoms with Crippen LogP contribution in [0.25, 0.3) is 11.0 Å². The number of pyridine rings is 1. The van der Waals surface area contributed by atoms with Crippen molar-refractivity contribution in [3.05, 3.63) is 29.8 Å². The Morgan fingerprint density at radius 2 is 1.82 bits per heavy atom. The SMILES string of the molecule is CC(=N)c1cc2nc(C(C)(C)C)cnc2cn1. The molecule has 0 aromatic carbocycles. The molecule has 0 radical (unpaired) electrons. The van der Waals surface area contributed by atoms with E-state index in [9.17, 15) is 0 Å². The summed E-state index contributed by atoms with van der Waals surface area (Å²) in [5.41, 5.74) is 3.58. The molecule has 0 aliphatic rings. The molecule has 0 fully saturated rings. The summed E-state index contributed by atoms with van der Waals surface area (Å²) in [5.74, 6) is 0. The number of rotatable bonds is 1. The number of nitrogens with one attached hydrogen (secondary N) is 1. The van der Waals surface area contributed by atoms with E-state index in [0.29, 0.717) is 11.4 Å². The third-order valence-electron chi connectivity index (χ3n) is 2.58. The van der Waals surface area contributed by atoms with Gasteiger partial charge in [0.05, 0.1) is 28.8 Å². The lowest BCUT2D eigenvalue weighted by Crippen LogP contribution is -2.14. The van der Waals surface area contributed by atoms with Gasteiger partial charge in [-0.05, 0) is 13.0 Å². The van der Waals surface area contributed by atoms with Gasteiger partial charge >= 0.3 is 0 Å². The molecule has 0 amide bonds. The van der Waals surface area contributed by atoms with Crippen molar-refractivity contribution in [1.82, 2.24) is 15.0 Å². The van der Waals surface area contributed by atoms with E-state index in [4.69, 9.17) is 5.41 Å². The van der Waals surface area contributed by atoms with E-state index in [1.54, 1.807) is 19.3 Å². The van der Waals surface area contributed by atoms with Crippen LogP contribution < -0.4 is 0 Å². The molecule has 0 bridgehead atoms. The Balaban J connectivity index is 2.62. The Morgan fingerprint density at radius 3 is 2.41 bits per heavy atom. The van der Waals surface area contributed by atoms with Gasteiger partial charge in [0.25, 0.3) is 0 Å². The first-order chi connectivity index (χ1) is 7.88. The third kappa shape index (κ3) is 2.30. The van der Waals surface area contributed by atoms with Gasteiger partial charge < -0.3 is 5.41 Å². The topological polar surface area (TPSA) is 62.5 Å². The Kier molecular flexibility index (Phi) is 2.65. The van der Waals surface area contributed by atoms with Gasteiger partial charge in [0.1, 0.15) is 5.52 Å². The molecule has 2 heterocycles. The maximum Gasteiger partial charge on any atom is 0.107 e. The van der Waals surface area contributed by atoms with Gasteiger partial charge in [0.2, 0.25) is 0 Å². The maximum atomic E-state index is 7.58. The number of fused-ring (bicyclic) bond motifs is 1. The average Bonchev–Trinajstić information content (AvgIpc) is 2.26. The second-order valence-corrected chi connectivity index (χ2v) is 5.19. The minimum absolute atomic E-state index is 0.0235. The number of aromatic nitrogens is 3. The quantitative estimate of drug-likeness (QED) is 0.763. The fraction of sp³-hybridized carbons (Fsp3) is 0.385. The summed E-state index contributed by atoms with van der Waals surface area (Å²) >= 11 is 0. The van der Waals surface area contributed by atoms with Gasteiger partial charge in [-0.2, -0.15) is 0 Å². The van der Waals surface area contributed by atoms with Gasteiger partial charge in [-0.3, -0.25) is 9.97 Å². The number of nitrogens with zero attached hydrogens (tertiary/aromatic N) is 3. The van der Waals surface area contributed by atoms with E-state index in [1.807, 2.05) is 6.07 Å². The minimum atomic E-state index is -0.0235. The Bertz CT molecular complexity index is 581. The van der Waals surface area contributed by atoms with Crippen LogP contribution >= 0.6 is 0 Å². The molecular weight excluding hydrogens is 212 g/mol. The molecule has 2 aromatic heterocycles. The molecule has 17 heavy (non-hydrogen) atoms. The molecule has 2 rings (SSSR count). The van der Waals surface area contributed by atoms with Crippen molar-refractivity contribution in [1.29, 1.82) is 5.41 Å². The summed E-state index contributed by atoms with van der Waals surface area (Å²) in [6, 6.07) is 1.82. The summed E-state index contributed by atoms with van der Waals surface area (Å²) in [4.78, 5) is 13.1. The van der Waals surface area contributed by atoms with Gasteiger partial charge in [-0.25, -0.2) is 4.98 Å². The second kappa shape index (κ2) is 3.87. The highest BCUT2D eigenvalue weighted by atomic mass is 14.8. The summed E-state index contributed by atoms with van der Waals surface area (Å²) in [5, 5.41) is 7.58. The van der Waals surface area contributed by atoms with Crippen molar-refractivity contribution >= 4 is 16.7 Å². The molecule has 88 valence electrons. The van der Waals surface area contributed by atoms with Crippen LogP contribution in [0.5, 0.6) is 0 Å². The summed E-state index contributed by atoms with van der Waals surface area (Å²) in [6.45, 7) is 8.03. The van der Waals surface area contributed by atoms with Crippen molar-refractivity contribution in [2.75, 3.05) is 0 Å².